The quantitative estimate of drug-likeness (QED) is 0.594. The van der Waals surface area contributed by atoms with E-state index in [0.29, 0.717) is 0 Å². The lowest BCUT2D eigenvalue weighted by atomic mass is 10.6. The molecule has 0 spiro atoms. The predicted molar refractivity (Wildman–Crippen MR) is 42.6 cm³/mol. The van der Waals surface area contributed by atoms with Crippen molar-refractivity contribution < 1.29 is 25.8 Å². The van der Waals surface area contributed by atoms with Crippen LogP contribution < -0.4 is 4.18 Å². The van der Waals surface area contributed by atoms with Crippen molar-refractivity contribution in [2.75, 3.05) is 0 Å². The summed E-state index contributed by atoms with van der Waals surface area (Å²) in [5.41, 5.74) is -5.51. The number of rotatable bonds is 2. The van der Waals surface area contributed by atoms with Gasteiger partial charge in [-0.2, -0.15) is 21.6 Å². The van der Waals surface area contributed by atoms with E-state index in [1.165, 1.54) is 0 Å². The number of nitrogens with zero attached hydrogens (tertiary/aromatic N) is 2. The minimum Gasteiger partial charge on any atom is -0.354 e. The summed E-state index contributed by atoms with van der Waals surface area (Å²) in [5.74, 6) is -0.809. The molecule has 5 nitrogen and oxygen atoms in total. The molecule has 0 radical (unpaired) electrons. The van der Waals surface area contributed by atoms with Crippen molar-refractivity contribution in [1.29, 1.82) is 0 Å². The molecule has 0 aliphatic heterocycles. The summed E-state index contributed by atoms with van der Waals surface area (Å²) in [7, 11) is -5.71. The summed E-state index contributed by atoms with van der Waals surface area (Å²) in [5, 5.41) is 5.99. The van der Waals surface area contributed by atoms with Crippen LogP contribution in [-0.2, 0) is 10.1 Å². The Hall–Kier alpha value is -1.09. The molecule has 84 valence electrons. The van der Waals surface area contributed by atoms with Crippen molar-refractivity contribution in [2.45, 2.75) is 5.51 Å². The van der Waals surface area contributed by atoms with Gasteiger partial charge in [-0.05, 0) is 6.07 Å². The second-order valence-corrected chi connectivity index (χ2v) is 4.10. The fourth-order valence-electron chi connectivity index (χ4n) is 0.508. The molecule has 0 saturated heterocycles. The van der Waals surface area contributed by atoms with Crippen LogP contribution in [0.15, 0.2) is 12.1 Å². The minimum absolute atomic E-state index is 0.105. The smallest absolute Gasteiger partial charge is 0.354 e. The molecule has 0 atom stereocenters. The van der Waals surface area contributed by atoms with Crippen LogP contribution in [0, 0.1) is 0 Å². The number of aromatic nitrogens is 2. The summed E-state index contributed by atoms with van der Waals surface area (Å²) in [6, 6.07) is 1.88. The van der Waals surface area contributed by atoms with Crippen molar-refractivity contribution in [3.63, 3.8) is 0 Å². The molecule has 0 N–H and O–H groups in total. The number of hydrogen-bond acceptors (Lipinski definition) is 5. The summed E-state index contributed by atoms with van der Waals surface area (Å²) in [6.07, 6.45) is 0. The highest BCUT2D eigenvalue weighted by atomic mass is 35.5. The Kier molecular flexibility index (Phi) is 3.05. The van der Waals surface area contributed by atoms with Crippen LogP contribution in [0.4, 0.5) is 13.2 Å². The summed E-state index contributed by atoms with van der Waals surface area (Å²) < 4.78 is 60.0. The topological polar surface area (TPSA) is 69.2 Å². The Balaban J connectivity index is 2.93. The molecule has 0 fully saturated rings. The Labute approximate surface area is 87.0 Å². The van der Waals surface area contributed by atoms with E-state index in [1.807, 2.05) is 0 Å². The lowest BCUT2D eigenvalue weighted by Crippen LogP contribution is -2.28. The maximum absolute atomic E-state index is 11.8. The van der Waals surface area contributed by atoms with Gasteiger partial charge in [-0.25, -0.2) is 0 Å². The van der Waals surface area contributed by atoms with E-state index < -0.39 is 21.5 Å². The third-order valence-corrected chi connectivity index (χ3v) is 2.24. The summed E-state index contributed by atoms with van der Waals surface area (Å²) in [4.78, 5) is 0. The third-order valence-electron chi connectivity index (χ3n) is 1.09. The van der Waals surface area contributed by atoms with Gasteiger partial charge in [0.05, 0.1) is 0 Å². The van der Waals surface area contributed by atoms with Gasteiger partial charge in [-0.3, -0.25) is 0 Å². The lowest BCUT2D eigenvalue weighted by molar-refractivity contribution is -0.0501. The number of halogens is 4. The molecule has 1 aromatic rings. The van der Waals surface area contributed by atoms with Crippen molar-refractivity contribution in [3.8, 4) is 5.88 Å². The van der Waals surface area contributed by atoms with Crippen LogP contribution in [0.25, 0.3) is 0 Å². The molecule has 15 heavy (non-hydrogen) atoms. The van der Waals surface area contributed by atoms with Gasteiger partial charge in [0.2, 0.25) is 0 Å². The predicted octanol–water partition coefficient (Wildman–Crippen LogP) is 1.36. The number of alkyl halides is 3. The standard InChI is InChI=1S/C5H2ClF3N2O3S/c6-3-1-2-4(11-10-3)14-15(12,13)5(7,8)9/h1-2H. The van der Waals surface area contributed by atoms with Crippen LogP contribution in [-0.4, -0.2) is 24.1 Å². The second-order valence-electron chi connectivity index (χ2n) is 2.18. The molecule has 0 aliphatic rings. The second kappa shape index (κ2) is 3.81. The summed E-state index contributed by atoms with van der Waals surface area (Å²) >= 11 is 5.27. The van der Waals surface area contributed by atoms with E-state index in [1.54, 1.807) is 0 Å². The van der Waals surface area contributed by atoms with Crippen LogP contribution in [0.2, 0.25) is 5.15 Å². The van der Waals surface area contributed by atoms with E-state index in [0.717, 1.165) is 12.1 Å². The van der Waals surface area contributed by atoms with Gasteiger partial charge in [0.25, 0.3) is 5.88 Å². The van der Waals surface area contributed by atoms with Crippen LogP contribution in [0.1, 0.15) is 0 Å². The highest BCUT2D eigenvalue weighted by Gasteiger charge is 2.48. The Morgan fingerprint density at radius 2 is 1.87 bits per heavy atom. The van der Waals surface area contributed by atoms with Crippen LogP contribution in [0.3, 0.4) is 0 Å². The SMILES string of the molecule is O=S(=O)(Oc1ccc(Cl)nn1)C(F)(F)F. The van der Waals surface area contributed by atoms with Crippen LogP contribution in [0.5, 0.6) is 5.88 Å². The first-order valence-electron chi connectivity index (χ1n) is 3.22. The molecule has 0 aliphatic carbocycles. The number of hydrogen-bond donors (Lipinski definition) is 0. The van der Waals surface area contributed by atoms with Crippen molar-refractivity contribution >= 4 is 21.7 Å². The third kappa shape index (κ3) is 2.93. The largest absolute Gasteiger partial charge is 0.534 e. The molecule has 0 aromatic carbocycles. The van der Waals surface area contributed by atoms with Gasteiger partial charge < -0.3 is 4.18 Å². The monoisotopic (exact) mass is 262 g/mol. The van der Waals surface area contributed by atoms with E-state index in [4.69, 9.17) is 11.6 Å². The van der Waals surface area contributed by atoms with E-state index >= 15 is 0 Å². The van der Waals surface area contributed by atoms with Crippen molar-refractivity contribution in [2.24, 2.45) is 0 Å². The van der Waals surface area contributed by atoms with Gasteiger partial charge in [0, 0.05) is 6.07 Å². The van der Waals surface area contributed by atoms with Crippen molar-refractivity contribution in [3.05, 3.63) is 17.3 Å². The fourth-order valence-corrected chi connectivity index (χ4v) is 1.02. The molecule has 0 bridgehead atoms. The van der Waals surface area contributed by atoms with Crippen LogP contribution >= 0.6 is 11.6 Å². The van der Waals surface area contributed by atoms with Gasteiger partial charge in [0.1, 0.15) is 0 Å². The fraction of sp³-hybridized carbons (Fsp3) is 0.200. The van der Waals surface area contributed by atoms with Gasteiger partial charge in [-0.15, -0.1) is 10.2 Å². The maximum Gasteiger partial charge on any atom is 0.534 e. The zero-order valence-corrected chi connectivity index (χ0v) is 8.27. The first-order valence-corrected chi connectivity index (χ1v) is 5.01. The highest BCUT2D eigenvalue weighted by molar-refractivity contribution is 7.87. The van der Waals surface area contributed by atoms with E-state index in [9.17, 15) is 21.6 Å². The zero-order valence-electron chi connectivity index (χ0n) is 6.69. The molecule has 1 aromatic heterocycles. The van der Waals surface area contributed by atoms with Gasteiger partial charge in [-0.1, -0.05) is 11.6 Å². The minimum atomic E-state index is -5.71. The van der Waals surface area contributed by atoms with Crippen molar-refractivity contribution in [1.82, 2.24) is 10.2 Å². The zero-order chi connectivity index (χ0) is 11.7. The van der Waals surface area contributed by atoms with E-state index in [-0.39, 0.29) is 5.15 Å². The molecular formula is C5H2ClF3N2O3S. The van der Waals surface area contributed by atoms with Gasteiger partial charge >= 0.3 is 15.6 Å². The first-order chi connectivity index (χ1) is 6.72. The molecule has 0 unspecified atom stereocenters. The molecule has 1 heterocycles. The molecule has 0 amide bonds. The molecule has 0 saturated carbocycles. The molecule has 10 heteroatoms. The normalized spacial score (nSPS) is 12.5. The Bertz CT molecular complexity index is 444. The summed E-state index contributed by atoms with van der Waals surface area (Å²) in [6.45, 7) is 0. The first kappa shape index (κ1) is 12.0. The lowest BCUT2D eigenvalue weighted by Gasteiger charge is -2.07. The average molecular weight is 263 g/mol. The van der Waals surface area contributed by atoms with E-state index in [2.05, 4.69) is 14.4 Å². The maximum atomic E-state index is 11.8. The Morgan fingerprint density at radius 3 is 2.27 bits per heavy atom. The van der Waals surface area contributed by atoms with Gasteiger partial charge in [0.15, 0.2) is 5.15 Å². The molecule has 1 rings (SSSR count). The highest BCUT2D eigenvalue weighted by Crippen LogP contribution is 2.25. The Morgan fingerprint density at radius 1 is 1.27 bits per heavy atom. The average Bonchev–Trinajstić information content (AvgIpc) is 2.06. The molecular weight excluding hydrogens is 261 g/mol.